The maximum absolute atomic E-state index is 11.8. The van der Waals surface area contributed by atoms with E-state index in [4.69, 9.17) is 10.7 Å². The first-order chi connectivity index (χ1) is 9.38. The Morgan fingerprint density at radius 2 is 1.80 bits per heavy atom. The number of hydrogen-bond donors (Lipinski definition) is 0. The third-order valence-corrected chi connectivity index (χ3v) is 4.94. The minimum absolute atomic E-state index is 0.145. The molecule has 0 unspecified atom stereocenters. The molecule has 1 aromatic carbocycles. The van der Waals surface area contributed by atoms with Gasteiger partial charge >= 0.3 is 0 Å². The summed E-state index contributed by atoms with van der Waals surface area (Å²) in [6, 6.07) is 7.52. The van der Waals surface area contributed by atoms with Crippen molar-refractivity contribution in [2.45, 2.75) is 31.6 Å². The van der Waals surface area contributed by atoms with Crippen molar-refractivity contribution >= 4 is 35.7 Å². The van der Waals surface area contributed by atoms with Crippen LogP contribution in [-0.2, 0) is 21.9 Å². The molecule has 0 aliphatic carbocycles. The number of aromatic nitrogens is 2. The predicted molar refractivity (Wildman–Crippen MR) is 83.1 cm³/mol. The fourth-order valence-electron chi connectivity index (χ4n) is 2.11. The Labute approximate surface area is 131 Å². The predicted octanol–water partition coefficient (Wildman–Crippen LogP) is 3.69. The average Bonchev–Trinajstić information content (AvgIpc) is 2.78. The topological polar surface area (TPSA) is 52.0 Å². The summed E-state index contributed by atoms with van der Waals surface area (Å²) in [5, 5.41) is 4.40. The lowest BCUT2D eigenvalue weighted by Crippen LogP contribution is -2.03. The standard InChI is InChI=1S/C13H14BrClN2O2S/c1-3-11-13(20(15,18)19)12(4-2)17(16-11)10-7-5-9(14)6-8-10/h5-8H,3-4H2,1-2H3. The smallest absolute Gasteiger partial charge is 0.236 e. The van der Waals surface area contributed by atoms with Crippen molar-refractivity contribution in [3.8, 4) is 5.69 Å². The highest BCUT2D eigenvalue weighted by Crippen LogP contribution is 2.28. The van der Waals surface area contributed by atoms with Crippen molar-refractivity contribution in [3.63, 3.8) is 0 Å². The van der Waals surface area contributed by atoms with E-state index < -0.39 is 9.05 Å². The quantitative estimate of drug-likeness (QED) is 0.764. The zero-order valence-electron chi connectivity index (χ0n) is 11.1. The Balaban J connectivity index is 2.72. The Kier molecular flexibility index (Phi) is 4.56. The van der Waals surface area contributed by atoms with Crippen molar-refractivity contribution in [3.05, 3.63) is 40.1 Å². The average molecular weight is 378 g/mol. The molecule has 4 nitrogen and oxygen atoms in total. The molecule has 0 saturated carbocycles. The van der Waals surface area contributed by atoms with Crippen molar-refractivity contribution in [1.29, 1.82) is 0 Å². The molecule has 0 radical (unpaired) electrons. The molecule has 0 fully saturated rings. The van der Waals surface area contributed by atoms with Crippen LogP contribution in [0.3, 0.4) is 0 Å². The Morgan fingerprint density at radius 3 is 2.25 bits per heavy atom. The second-order valence-corrected chi connectivity index (χ2v) is 7.67. The van der Waals surface area contributed by atoms with Gasteiger partial charge in [0.25, 0.3) is 9.05 Å². The maximum Gasteiger partial charge on any atom is 0.265 e. The normalized spacial score (nSPS) is 11.8. The van der Waals surface area contributed by atoms with Crippen LogP contribution in [0.25, 0.3) is 5.69 Å². The highest BCUT2D eigenvalue weighted by Gasteiger charge is 2.25. The molecule has 108 valence electrons. The Hall–Kier alpha value is -0.850. The molecule has 0 aliphatic rings. The SMILES string of the molecule is CCc1nn(-c2ccc(Br)cc2)c(CC)c1S(=O)(=O)Cl. The Bertz CT molecular complexity index is 724. The molecular weight excluding hydrogens is 364 g/mol. The van der Waals surface area contributed by atoms with E-state index in [0.717, 1.165) is 10.2 Å². The summed E-state index contributed by atoms with van der Waals surface area (Å²) >= 11 is 3.37. The van der Waals surface area contributed by atoms with Crippen LogP contribution in [0.4, 0.5) is 0 Å². The van der Waals surface area contributed by atoms with Gasteiger partial charge in [0.1, 0.15) is 4.90 Å². The third-order valence-electron chi connectivity index (χ3n) is 2.99. The molecule has 20 heavy (non-hydrogen) atoms. The molecule has 1 heterocycles. The summed E-state index contributed by atoms with van der Waals surface area (Å²) in [4.78, 5) is 0.145. The van der Waals surface area contributed by atoms with Crippen LogP contribution in [-0.4, -0.2) is 18.2 Å². The number of aryl methyl sites for hydroxylation is 1. The zero-order valence-corrected chi connectivity index (χ0v) is 14.3. The first-order valence-electron chi connectivity index (χ1n) is 6.19. The second-order valence-electron chi connectivity index (χ2n) is 4.26. The van der Waals surface area contributed by atoms with Crippen LogP contribution in [0.1, 0.15) is 25.2 Å². The fourth-order valence-corrected chi connectivity index (χ4v) is 3.89. The van der Waals surface area contributed by atoms with Gasteiger partial charge in [-0.3, -0.25) is 0 Å². The zero-order chi connectivity index (χ0) is 14.9. The minimum atomic E-state index is -3.80. The van der Waals surface area contributed by atoms with E-state index in [2.05, 4.69) is 21.0 Å². The number of nitrogens with zero attached hydrogens (tertiary/aromatic N) is 2. The van der Waals surface area contributed by atoms with E-state index in [9.17, 15) is 8.42 Å². The van der Waals surface area contributed by atoms with Gasteiger partial charge in [-0.25, -0.2) is 13.1 Å². The van der Waals surface area contributed by atoms with E-state index in [-0.39, 0.29) is 4.90 Å². The van der Waals surface area contributed by atoms with Crippen LogP contribution in [0.2, 0.25) is 0 Å². The van der Waals surface area contributed by atoms with E-state index in [1.807, 2.05) is 38.1 Å². The van der Waals surface area contributed by atoms with E-state index >= 15 is 0 Å². The first-order valence-corrected chi connectivity index (χ1v) is 9.30. The van der Waals surface area contributed by atoms with Gasteiger partial charge in [0.15, 0.2) is 0 Å². The first kappa shape index (κ1) is 15.5. The Morgan fingerprint density at radius 1 is 1.20 bits per heavy atom. The number of hydrogen-bond acceptors (Lipinski definition) is 3. The largest absolute Gasteiger partial charge is 0.265 e. The molecule has 0 saturated heterocycles. The molecule has 0 aliphatic heterocycles. The van der Waals surface area contributed by atoms with Gasteiger partial charge in [0, 0.05) is 15.2 Å². The summed E-state index contributed by atoms with van der Waals surface area (Å²) in [5.74, 6) is 0. The van der Waals surface area contributed by atoms with Crippen LogP contribution in [0, 0.1) is 0 Å². The van der Waals surface area contributed by atoms with Crippen molar-refractivity contribution in [1.82, 2.24) is 9.78 Å². The molecule has 0 spiro atoms. The third kappa shape index (κ3) is 2.92. The highest BCUT2D eigenvalue weighted by molar-refractivity contribution is 9.10. The van der Waals surface area contributed by atoms with Gasteiger partial charge in [-0.2, -0.15) is 5.10 Å². The van der Waals surface area contributed by atoms with Crippen molar-refractivity contribution in [2.75, 3.05) is 0 Å². The van der Waals surface area contributed by atoms with Gasteiger partial charge < -0.3 is 0 Å². The molecule has 1 aromatic heterocycles. The number of benzene rings is 1. The lowest BCUT2D eigenvalue weighted by molar-refractivity contribution is 0.607. The summed E-state index contributed by atoms with van der Waals surface area (Å²) in [5.41, 5.74) is 1.92. The summed E-state index contributed by atoms with van der Waals surface area (Å²) in [6.45, 7) is 3.75. The molecule has 0 amide bonds. The van der Waals surface area contributed by atoms with Crippen LogP contribution < -0.4 is 0 Å². The minimum Gasteiger partial charge on any atom is -0.236 e. The molecule has 0 N–H and O–H groups in total. The van der Waals surface area contributed by atoms with Crippen molar-refractivity contribution in [2.24, 2.45) is 0 Å². The molecule has 2 rings (SSSR count). The number of rotatable bonds is 4. The van der Waals surface area contributed by atoms with Gasteiger partial charge in [0.05, 0.1) is 17.1 Å². The van der Waals surface area contributed by atoms with Crippen LogP contribution in [0.15, 0.2) is 33.6 Å². The lowest BCUT2D eigenvalue weighted by Gasteiger charge is -2.06. The summed E-state index contributed by atoms with van der Waals surface area (Å²) < 4.78 is 26.2. The van der Waals surface area contributed by atoms with E-state index in [1.165, 1.54) is 0 Å². The second kappa shape index (κ2) is 5.87. The van der Waals surface area contributed by atoms with Crippen LogP contribution >= 0.6 is 26.6 Å². The molecule has 0 bridgehead atoms. The highest BCUT2D eigenvalue weighted by atomic mass is 79.9. The van der Waals surface area contributed by atoms with Crippen LogP contribution in [0.5, 0.6) is 0 Å². The van der Waals surface area contributed by atoms with Gasteiger partial charge in [-0.05, 0) is 37.1 Å². The molecule has 0 atom stereocenters. The molecule has 7 heteroatoms. The summed E-state index contributed by atoms with van der Waals surface area (Å²) in [7, 11) is 1.76. The van der Waals surface area contributed by atoms with Gasteiger partial charge in [-0.1, -0.05) is 29.8 Å². The van der Waals surface area contributed by atoms with Crippen molar-refractivity contribution < 1.29 is 8.42 Å². The fraction of sp³-hybridized carbons (Fsp3) is 0.308. The monoisotopic (exact) mass is 376 g/mol. The van der Waals surface area contributed by atoms with Gasteiger partial charge in [0.2, 0.25) is 0 Å². The van der Waals surface area contributed by atoms with E-state index in [1.54, 1.807) is 4.68 Å². The maximum atomic E-state index is 11.8. The van der Waals surface area contributed by atoms with Gasteiger partial charge in [-0.15, -0.1) is 0 Å². The summed E-state index contributed by atoms with van der Waals surface area (Å²) in [6.07, 6.45) is 1.04. The number of halogens is 2. The van der Waals surface area contributed by atoms with E-state index in [0.29, 0.717) is 24.2 Å². The molecular formula is C13H14BrClN2O2S. The molecule has 2 aromatic rings. The lowest BCUT2D eigenvalue weighted by atomic mass is 10.2.